The van der Waals surface area contributed by atoms with Gasteiger partial charge in [-0.15, -0.1) is 0 Å². The lowest BCUT2D eigenvalue weighted by atomic mass is 9.95. The minimum Gasteiger partial charge on any atom is -0.384 e. The Labute approximate surface area is 124 Å². The van der Waals surface area contributed by atoms with Crippen molar-refractivity contribution in [1.29, 1.82) is 0 Å². The van der Waals surface area contributed by atoms with Gasteiger partial charge in [-0.05, 0) is 24.0 Å². The fourth-order valence-electron chi connectivity index (χ4n) is 2.50. The van der Waals surface area contributed by atoms with Crippen molar-refractivity contribution in [3.63, 3.8) is 0 Å². The van der Waals surface area contributed by atoms with E-state index in [1.165, 1.54) is 6.07 Å². The van der Waals surface area contributed by atoms with Crippen LogP contribution in [0.25, 0.3) is 0 Å². The number of nitrogens with zero attached hydrogens (tertiary/aromatic N) is 1. The van der Waals surface area contributed by atoms with Crippen LogP contribution < -0.4 is 0 Å². The van der Waals surface area contributed by atoms with Crippen LogP contribution in [-0.4, -0.2) is 29.1 Å². The van der Waals surface area contributed by atoms with Gasteiger partial charge in [0.05, 0.1) is 0 Å². The van der Waals surface area contributed by atoms with Gasteiger partial charge in [-0.3, -0.25) is 4.79 Å². The molecule has 0 bridgehead atoms. The first-order valence-electron chi connectivity index (χ1n) is 7.17. The van der Waals surface area contributed by atoms with Gasteiger partial charge in [0, 0.05) is 30.6 Å². The van der Waals surface area contributed by atoms with Crippen molar-refractivity contribution in [1.82, 2.24) is 4.90 Å². The van der Waals surface area contributed by atoms with Crippen molar-refractivity contribution in [2.45, 2.75) is 26.8 Å². The number of benzene rings is 1. The van der Waals surface area contributed by atoms with Gasteiger partial charge < -0.3 is 10.0 Å². The van der Waals surface area contributed by atoms with Crippen molar-refractivity contribution in [3.8, 4) is 11.8 Å². The average Bonchev–Trinajstić information content (AvgIpc) is 2.81. The summed E-state index contributed by atoms with van der Waals surface area (Å²) in [5.74, 6) is 5.70. The smallest absolute Gasteiger partial charge is 0.223 e. The summed E-state index contributed by atoms with van der Waals surface area (Å²) >= 11 is 0. The van der Waals surface area contributed by atoms with Gasteiger partial charge in [0.2, 0.25) is 5.91 Å². The number of halogens is 1. The molecule has 4 heteroatoms. The van der Waals surface area contributed by atoms with Gasteiger partial charge in [0.25, 0.3) is 0 Å². The molecule has 0 radical (unpaired) electrons. The van der Waals surface area contributed by atoms with Gasteiger partial charge in [0.1, 0.15) is 12.4 Å². The summed E-state index contributed by atoms with van der Waals surface area (Å²) in [5, 5.41) is 8.63. The molecule has 1 aliphatic heterocycles. The Balaban J connectivity index is 2.08. The number of aliphatic hydroxyl groups excluding tert-OH is 1. The number of aliphatic hydroxyl groups is 1. The zero-order valence-corrected chi connectivity index (χ0v) is 12.4. The number of likely N-dealkylation sites (tertiary alicyclic amines) is 1. The summed E-state index contributed by atoms with van der Waals surface area (Å²) in [4.78, 5) is 13.7. The molecule has 1 aromatic carbocycles. The van der Waals surface area contributed by atoms with Crippen molar-refractivity contribution in [3.05, 3.63) is 35.1 Å². The Morgan fingerprint density at radius 1 is 1.48 bits per heavy atom. The number of hydrogen-bond donors (Lipinski definition) is 1. The molecule has 0 spiro atoms. The maximum absolute atomic E-state index is 14.0. The lowest BCUT2D eigenvalue weighted by Gasteiger charge is -2.18. The number of amides is 1. The van der Waals surface area contributed by atoms with Crippen LogP contribution in [0.1, 0.15) is 31.4 Å². The Hall–Kier alpha value is -1.86. The van der Waals surface area contributed by atoms with Crippen LogP contribution in [0.5, 0.6) is 0 Å². The Kier molecular flexibility index (Phi) is 4.98. The lowest BCUT2D eigenvalue weighted by Crippen LogP contribution is -2.25. The van der Waals surface area contributed by atoms with Gasteiger partial charge in [-0.2, -0.15) is 0 Å². The molecule has 21 heavy (non-hydrogen) atoms. The first-order valence-corrected chi connectivity index (χ1v) is 7.17. The normalized spacial score (nSPS) is 18.0. The van der Waals surface area contributed by atoms with Gasteiger partial charge in [-0.25, -0.2) is 4.39 Å². The minimum atomic E-state index is -0.361. The second kappa shape index (κ2) is 6.73. The molecule has 1 aromatic rings. The summed E-state index contributed by atoms with van der Waals surface area (Å²) in [6.07, 6.45) is 0.555. The van der Waals surface area contributed by atoms with Gasteiger partial charge >= 0.3 is 0 Å². The quantitative estimate of drug-likeness (QED) is 0.866. The van der Waals surface area contributed by atoms with E-state index >= 15 is 0 Å². The maximum atomic E-state index is 14.0. The van der Waals surface area contributed by atoms with Crippen molar-refractivity contribution in [2.75, 3.05) is 13.2 Å². The van der Waals surface area contributed by atoms with Crippen molar-refractivity contribution in [2.24, 2.45) is 11.8 Å². The van der Waals surface area contributed by atoms with Crippen LogP contribution >= 0.6 is 0 Å². The fraction of sp³-hybridized carbons (Fsp3) is 0.471. The summed E-state index contributed by atoms with van der Waals surface area (Å²) in [6, 6.07) is 4.72. The topological polar surface area (TPSA) is 40.5 Å². The fourth-order valence-corrected chi connectivity index (χ4v) is 2.50. The number of carbonyl (C=O) groups is 1. The highest BCUT2D eigenvalue weighted by molar-refractivity contribution is 5.78. The second-order valence-corrected chi connectivity index (χ2v) is 5.75. The standard InChI is InChI=1S/C17H20FNO2/c1-12(2)15-9-17(21)19(11-15)10-14-6-5-13(4-3-7-20)8-16(14)18/h5-6,8,12,15,20H,7,9-11H2,1-2H3. The molecule has 112 valence electrons. The van der Waals surface area contributed by atoms with Gasteiger partial charge in [-0.1, -0.05) is 31.8 Å². The van der Waals surface area contributed by atoms with E-state index in [1.807, 2.05) is 0 Å². The highest BCUT2D eigenvalue weighted by Gasteiger charge is 2.31. The monoisotopic (exact) mass is 289 g/mol. The SMILES string of the molecule is CC(C)C1CC(=O)N(Cc2ccc(C#CCO)cc2F)C1. The van der Waals surface area contributed by atoms with E-state index in [1.54, 1.807) is 17.0 Å². The Morgan fingerprint density at radius 2 is 2.24 bits per heavy atom. The highest BCUT2D eigenvalue weighted by Crippen LogP contribution is 2.26. The first-order chi connectivity index (χ1) is 10.0. The summed E-state index contributed by atoms with van der Waals surface area (Å²) in [7, 11) is 0. The van der Waals surface area contributed by atoms with Crippen LogP contribution in [0.3, 0.4) is 0 Å². The molecule has 1 atom stereocenters. The summed E-state index contributed by atoms with van der Waals surface area (Å²) < 4.78 is 14.0. The lowest BCUT2D eigenvalue weighted by molar-refractivity contribution is -0.128. The number of carbonyl (C=O) groups excluding carboxylic acids is 1. The van der Waals surface area contributed by atoms with E-state index < -0.39 is 0 Å². The van der Waals surface area contributed by atoms with E-state index in [0.29, 0.717) is 42.5 Å². The molecule has 0 aliphatic carbocycles. The van der Waals surface area contributed by atoms with E-state index in [9.17, 15) is 9.18 Å². The van der Waals surface area contributed by atoms with Crippen LogP contribution in [-0.2, 0) is 11.3 Å². The number of hydrogen-bond acceptors (Lipinski definition) is 2. The predicted molar refractivity (Wildman–Crippen MR) is 78.7 cm³/mol. The molecule has 1 unspecified atom stereocenters. The van der Waals surface area contributed by atoms with Crippen molar-refractivity contribution >= 4 is 5.91 Å². The molecule has 1 heterocycles. The highest BCUT2D eigenvalue weighted by atomic mass is 19.1. The van der Waals surface area contributed by atoms with Crippen molar-refractivity contribution < 1.29 is 14.3 Å². The average molecular weight is 289 g/mol. The molecule has 0 aromatic heterocycles. The summed E-state index contributed by atoms with van der Waals surface area (Å²) in [5.41, 5.74) is 1.03. The van der Waals surface area contributed by atoms with Crippen LogP contribution in [0, 0.1) is 29.5 Å². The van der Waals surface area contributed by atoms with E-state index in [0.717, 1.165) is 0 Å². The molecular formula is C17H20FNO2. The molecule has 1 fully saturated rings. The minimum absolute atomic E-state index is 0.0947. The Morgan fingerprint density at radius 3 is 2.81 bits per heavy atom. The molecule has 1 saturated heterocycles. The molecular weight excluding hydrogens is 269 g/mol. The summed E-state index contributed by atoms with van der Waals surface area (Å²) in [6.45, 7) is 4.97. The van der Waals surface area contributed by atoms with Crippen LogP contribution in [0.4, 0.5) is 4.39 Å². The van der Waals surface area contributed by atoms with Crippen LogP contribution in [0.2, 0.25) is 0 Å². The maximum Gasteiger partial charge on any atom is 0.223 e. The largest absolute Gasteiger partial charge is 0.384 e. The third-order valence-corrected chi connectivity index (χ3v) is 3.91. The predicted octanol–water partition coefficient (Wildman–Crippen LogP) is 2.17. The third-order valence-electron chi connectivity index (χ3n) is 3.91. The van der Waals surface area contributed by atoms with E-state index in [-0.39, 0.29) is 18.3 Å². The molecule has 1 N–H and O–H groups in total. The zero-order chi connectivity index (χ0) is 15.4. The Bertz CT molecular complexity index is 586. The molecule has 2 rings (SSSR count). The van der Waals surface area contributed by atoms with Gasteiger partial charge in [0.15, 0.2) is 0 Å². The number of rotatable bonds is 3. The molecule has 1 aliphatic rings. The third kappa shape index (κ3) is 3.83. The van der Waals surface area contributed by atoms with Crippen LogP contribution in [0.15, 0.2) is 18.2 Å². The second-order valence-electron chi connectivity index (χ2n) is 5.75. The molecule has 3 nitrogen and oxygen atoms in total. The molecule has 1 amide bonds. The zero-order valence-electron chi connectivity index (χ0n) is 12.4. The van der Waals surface area contributed by atoms with E-state index in [2.05, 4.69) is 25.7 Å². The molecule has 0 saturated carbocycles. The van der Waals surface area contributed by atoms with E-state index in [4.69, 9.17) is 5.11 Å². The first kappa shape index (κ1) is 15.5.